The SMILES string of the molecule is N#CCSc1ccccc1-c1nc2ccncc2[nH]1. The maximum absolute atomic E-state index is 8.70. The molecule has 0 aliphatic rings. The third-order valence-electron chi connectivity index (χ3n) is 2.72. The minimum Gasteiger partial charge on any atom is -0.337 e. The number of thioether (sulfide) groups is 1. The lowest BCUT2D eigenvalue weighted by molar-refractivity contribution is 1.29. The summed E-state index contributed by atoms with van der Waals surface area (Å²) in [5.41, 5.74) is 2.82. The number of aromatic nitrogens is 3. The number of aromatic amines is 1. The predicted octanol–water partition coefficient (Wildman–Crippen LogP) is 3.24. The van der Waals surface area contributed by atoms with Crippen LogP contribution in [0.5, 0.6) is 0 Å². The normalized spacial score (nSPS) is 10.5. The van der Waals surface area contributed by atoms with Crippen LogP contribution in [0.4, 0.5) is 0 Å². The minimum absolute atomic E-state index is 0.429. The highest BCUT2D eigenvalue weighted by atomic mass is 32.2. The quantitative estimate of drug-likeness (QED) is 0.739. The van der Waals surface area contributed by atoms with Crippen LogP contribution in [0.1, 0.15) is 0 Å². The van der Waals surface area contributed by atoms with Crippen molar-refractivity contribution in [2.45, 2.75) is 4.90 Å². The van der Waals surface area contributed by atoms with Gasteiger partial charge in [0, 0.05) is 16.7 Å². The molecule has 19 heavy (non-hydrogen) atoms. The maximum atomic E-state index is 8.70. The van der Waals surface area contributed by atoms with Gasteiger partial charge >= 0.3 is 0 Å². The van der Waals surface area contributed by atoms with Crippen molar-refractivity contribution >= 4 is 22.8 Å². The first kappa shape index (κ1) is 11.8. The molecule has 0 saturated heterocycles. The number of hydrogen-bond donors (Lipinski definition) is 1. The standard InChI is InChI=1S/C14H10N4S/c15-6-8-19-13-4-2-1-3-10(13)14-17-11-5-7-16-9-12(11)18-14/h1-5,7,9H,8H2,(H,17,18). The Bertz CT molecular complexity index is 724. The molecule has 2 heterocycles. The number of benzene rings is 1. The van der Waals surface area contributed by atoms with Gasteiger partial charge in [0.25, 0.3) is 0 Å². The molecule has 0 aliphatic carbocycles. The molecular formula is C14H10N4S. The van der Waals surface area contributed by atoms with Crippen LogP contribution in [0.15, 0.2) is 47.6 Å². The Morgan fingerprint density at radius 3 is 3.00 bits per heavy atom. The van der Waals surface area contributed by atoms with E-state index in [4.69, 9.17) is 5.26 Å². The summed E-state index contributed by atoms with van der Waals surface area (Å²) in [4.78, 5) is 12.9. The van der Waals surface area contributed by atoms with Gasteiger partial charge in [-0.05, 0) is 12.1 Å². The Morgan fingerprint density at radius 1 is 1.26 bits per heavy atom. The monoisotopic (exact) mass is 266 g/mol. The van der Waals surface area contributed by atoms with Crippen LogP contribution in [-0.2, 0) is 0 Å². The Kier molecular flexibility index (Phi) is 3.17. The lowest BCUT2D eigenvalue weighted by atomic mass is 10.2. The molecule has 0 amide bonds. The minimum atomic E-state index is 0.429. The van der Waals surface area contributed by atoms with Crippen molar-refractivity contribution < 1.29 is 0 Å². The van der Waals surface area contributed by atoms with Crippen LogP contribution < -0.4 is 0 Å². The molecule has 1 N–H and O–H groups in total. The van der Waals surface area contributed by atoms with Gasteiger partial charge in [0.2, 0.25) is 0 Å². The molecule has 0 bridgehead atoms. The first-order valence-corrected chi connectivity index (χ1v) is 6.76. The lowest BCUT2D eigenvalue weighted by Gasteiger charge is -2.04. The van der Waals surface area contributed by atoms with Crippen LogP contribution in [0.3, 0.4) is 0 Å². The topological polar surface area (TPSA) is 65.4 Å². The molecule has 5 heteroatoms. The van der Waals surface area contributed by atoms with E-state index in [1.54, 1.807) is 12.4 Å². The largest absolute Gasteiger partial charge is 0.337 e. The maximum Gasteiger partial charge on any atom is 0.139 e. The Balaban J connectivity index is 2.08. The third-order valence-corrected chi connectivity index (χ3v) is 3.66. The summed E-state index contributed by atoms with van der Waals surface area (Å²) < 4.78 is 0. The number of imidazole rings is 1. The first-order chi connectivity index (χ1) is 9.38. The zero-order valence-corrected chi connectivity index (χ0v) is 10.8. The van der Waals surface area contributed by atoms with Crippen LogP contribution in [-0.4, -0.2) is 20.7 Å². The molecule has 0 atom stereocenters. The molecular weight excluding hydrogens is 256 g/mol. The highest BCUT2D eigenvalue weighted by Crippen LogP contribution is 2.30. The van der Waals surface area contributed by atoms with Gasteiger partial charge in [0.05, 0.1) is 29.1 Å². The summed E-state index contributed by atoms with van der Waals surface area (Å²) in [5, 5.41) is 8.70. The molecule has 2 aromatic heterocycles. The molecule has 3 aromatic rings. The van der Waals surface area contributed by atoms with Gasteiger partial charge in [0.15, 0.2) is 0 Å². The van der Waals surface area contributed by atoms with Gasteiger partial charge in [-0.15, -0.1) is 11.8 Å². The summed E-state index contributed by atoms with van der Waals surface area (Å²) in [6.45, 7) is 0. The van der Waals surface area contributed by atoms with Gasteiger partial charge in [-0.2, -0.15) is 5.26 Å². The molecule has 0 saturated carbocycles. The number of fused-ring (bicyclic) bond motifs is 1. The summed E-state index contributed by atoms with van der Waals surface area (Å²) in [6.07, 6.45) is 3.49. The van der Waals surface area contributed by atoms with E-state index in [-0.39, 0.29) is 0 Å². The Morgan fingerprint density at radius 2 is 2.16 bits per heavy atom. The van der Waals surface area contributed by atoms with Crippen molar-refractivity contribution in [3.05, 3.63) is 42.7 Å². The van der Waals surface area contributed by atoms with Crippen molar-refractivity contribution in [2.24, 2.45) is 0 Å². The van der Waals surface area contributed by atoms with Crippen molar-refractivity contribution in [1.29, 1.82) is 5.26 Å². The molecule has 0 aliphatic heterocycles. The average molecular weight is 266 g/mol. The van der Waals surface area contributed by atoms with E-state index >= 15 is 0 Å². The summed E-state index contributed by atoms with van der Waals surface area (Å²) in [5.74, 6) is 1.24. The van der Waals surface area contributed by atoms with Gasteiger partial charge in [-0.25, -0.2) is 4.98 Å². The second-order valence-electron chi connectivity index (χ2n) is 3.92. The number of nitrogens with zero attached hydrogens (tertiary/aromatic N) is 3. The van der Waals surface area contributed by atoms with Gasteiger partial charge in [0.1, 0.15) is 5.82 Å². The lowest BCUT2D eigenvalue weighted by Crippen LogP contribution is -1.85. The Hall–Kier alpha value is -2.32. The molecule has 3 rings (SSSR count). The molecule has 0 fully saturated rings. The van der Waals surface area contributed by atoms with Crippen LogP contribution in [0, 0.1) is 11.3 Å². The van der Waals surface area contributed by atoms with Gasteiger partial charge in [-0.1, -0.05) is 18.2 Å². The highest BCUT2D eigenvalue weighted by Gasteiger charge is 2.09. The first-order valence-electron chi connectivity index (χ1n) is 5.77. The molecule has 0 unspecified atom stereocenters. The van der Waals surface area contributed by atoms with E-state index in [9.17, 15) is 0 Å². The van der Waals surface area contributed by atoms with Crippen LogP contribution in [0.2, 0.25) is 0 Å². The van der Waals surface area contributed by atoms with Gasteiger partial charge in [-0.3, -0.25) is 4.98 Å². The molecule has 1 aromatic carbocycles. The van der Waals surface area contributed by atoms with Crippen LogP contribution >= 0.6 is 11.8 Å². The fourth-order valence-electron chi connectivity index (χ4n) is 1.88. The van der Waals surface area contributed by atoms with Crippen LogP contribution in [0.25, 0.3) is 22.4 Å². The Labute approximate surface area is 114 Å². The van der Waals surface area contributed by atoms with E-state index in [0.29, 0.717) is 5.75 Å². The van der Waals surface area contributed by atoms with E-state index < -0.39 is 0 Å². The number of nitriles is 1. The molecule has 4 nitrogen and oxygen atoms in total. The van der Waals surface area contributed by atoms with E-state index in [1.165, 1.54) is 11.8 Å². The predicted molar refractivity (Wildman–Crippen MR) is 75.7 cm³/mol. The molecule has 0 radical (unpaired) electrons. The number of hydrogen-bond acceptors (Lipinski definition) is 4. The summed E-state index contributed by atoms with van der Waals surface area (Å²) >= 11 is 1.52. The van der Waals surface area contributed by atoms with Crippen molar-refractivity contribution in [3.8, 4) is 17.5 Å². The fourth-order valence-corrected chi connectivity index (χ4v) is 2.60. The highest BCUT2D eigenvalue weighted by molar-refractivity contribution is 7.99. The summed E-state index contributed by atoms with van der Waals surface area (Å²) in [7, 11) is 0. The molecule has 92 valence electrons. The smallest absolute Gasteiger partial charge is 0.139 e. The van der Waals surface area contributed by atoms with E-state index in [1.807, 2.05) is 30.3 Å². The van der Waals surface area contributed by atoms with Crippen molar-refractivity contribution in [1.82, 2.24) is 15.0 Å². The number of pyridine rings is 1. The van der Waals surface area contributed by atoms with E-state index in [2.05, 4.69) is 21.0 Å². The third kappa shape index (κ3) is 2.30. The van der Waals surface area contributed by atoms with Crippen molar-refractivity contribution in [2.75, 3.05) is 5.75 Å². The van der Waals surface area contributed by atoms with Gasteiger partial charge < -0.3 is 4.98 Å². The zero-order valence-electron chi connectivity index (χ0n) is 10.00. The average Bonchev–Trinajstić information content (AvgIpc) is 2.89. The zero-order chi connectivity index (χ0) is 13.1. The second-order valence-corrected chi connectivity index (χ2v) is 4.94. The number of rotatable bonds is 3. The number of nitrogens with one attached hydrogen (secondary N) is 1. The number of H-pyrrole nitrogens is 1. The summed E-state index contributed by atoms with van der Waals surface area (Å²) in [6, 6.07) is 12.0. The van der Waals surface area contributed by atoms with E-state index in [0.717, 1.165) is 27.3 Å². The van der Waals surface area contributed by atoms with Crippen molar-refractivity contribution in [3.63, 3.8) is 0 Å². The molecule has 0 spiro atoms. The fraction of sp³-hybridized carbons (Fsp3) is 0.0714. The second kappa shape index (κ2) is 5.12.